The second kappa shape index (κ2) is 7.17. The number of hydrogen-bond acceptors (Lipinski definition) is 4. The number of hydrogen-bond donors (Lipinski definition) is 2. The minimum atomic E-state index is -0.765. The summed E-state index contributed by atoms with van der Waals surface area (Å²) in [6.07, 6.45) is 0.687. The molecule has 0 saturated heterocycles. The summed E-state index contributed by atoms with van der Waals surface area (Å²) in [5.41, 5.74) is 4.72. The molecule has 0 spiro atoms. The Bertz CT molecular complexity index is 163. The van der Waals surface area contributed by atoms with Gasteiger partial charge in [0.2, 0.25) is 0 Å². The fourth-order valence-electron chi connectivity index (χ4n) is 1.45. The van der Waals surface area contributed by atoms with Crippen molar-refractivity contribution < 1.29 is 9.84 Å². The number of rotatable bonds is 8. The number of nitrogens with two attached hydrogens (primary N) is 1. The molecule has 0 aliphatic heterocycles. The maximum absolute atomic E-state index is 9.83. The van der Waals surface area contributed by atoms with Crippen LogP contribution in [-0.4, -0.2) is 55.0 Å². The molecule has 0 bridgehead atoms. The van der Waals surface area contributed by atoms with Crippen molar-refractivity contribution in [1.82, 2.24) is 4.90 Å². The van der Waals surface area contributed by atoms with E-state index in [1.807, 2.05) is 14.0 Å². The third-order valence-corrected chi connectivity index (χ3v) is 2.72. The average Bonchev–Trinajstić information content (AvgIpc) is 2.17. The van der Waals surface area contributed by atoms with Crippen LogP contribution in [-0.2, 0) is 4.74 Å². The van der Waals surface area contributed by atoms with Gasteiger partial charge in [-0.1, -0.05) is 0 Å². The fourth-order valence-corrected chi connectivity index (χ4v) is 1.45. The lowest BCUT2D eigenvalue weighted by atomic mass is 9.97. The first-order chi connectivity index (χ1) is 6.93. The molecule has 0 radical (unpaired) electrons. The van der Waals surface area contributed by atoms with Crippen molar-refractivity contribution in [1.29, 1.82) is 0 Å². The van der Waals surface area contributed by atoms with Gasteiger partial charge in [0.1, 0.15) is 0 Å². The molecule has 0 saturated carbocycles. The van der Waals surface area contributed by atoms with Gasteiger partial charge in [0.05, 0.1) is 12.2 Å². The Labute approximate surface area is 93.4 Å². The summed E-state index contributed by atoms with van der Waals surface area (Å²) in [5, 5.41) is 9.83. The fraction of sp³-hybridized carbons (Fsp3) is 1.00. The molecule has 0 amide bonds. The van der Waals surface area contributed by atoms with E-state index in [-0.39, 0.29) is 0 Å². The Kier molecular flexibility index (Phi) is 7.09. The SMILES string of the molecule is CCOCCN(C)C(C)CC(C)(O)CN. The van der Waals surface area contributed by atoms with Crippen molar-refractivity contribution >= 4 is 0 Å². The van der Waals surface area contributed by atoms with E-state index in [1.165, 1.54) is 0 Å². The zero-order chi connectivity index (χ0) is 11.9. The van der Waals surface area contributed by atoms with Crippen molar-refractivity contribution in [3.63, 3.8) is 0 Å². The minimum Gasteiger partial charge on any atom is -0.389 e. The summed E-state index contributed by atoms with van der Waals surface area (Å²) in [7, 11) is 2.04. The lowest BCUT2D eigenvalue weighted by Gasteiger charge is -2.31. The summed E-state index contributed by atoms with van der Waals surface area (Å²) >= 11 is 0. The first-order valence-corrected chi connectivity index (χ1v) is 5.63. The van der Waals surface area contributed by atoms with Crippen LogP contribution in [0.2, 0.25) is 0 Å². The van der Waals surface area contributed by atoms with Gasteiger partial charge in [-0.25, -0.2) is 0 Å². The van der Waals surface area contributed by atoms with Gasteiger partial charge >= 0.3 is 0 Å². The topological polar surface area (TPSA) is 58.7 Å². The van der Waals surface area contributed by atoms with Crippen LogP contribution in [0, 0.1) is 0 Å². The quantitative estimate of drug-likeness (QED) is 0.581. The summed E-state index contributed by atoms with van der Waals surface area (Å²) in [6, 6.07) is 0.309. The second-order valence-corrected chi connectivity index (χ2v) is 4.43. The third kappa shape index (κ3) is 6.84. The number of likely N-dealkylation sites (N-methyl/N-ethyl adjacent to an activating group) is 1. The Morgan fingerprint density at radius 2 is 2.13 bits per heavy atom. The molecule has 0 heterocycles. The number of aliphatic hydroxyl groups is 1. The highest BCUT2D eigenvalue weighted by Gasteiger charge is 2.23. The first-order valence-electron chi connectivity index (χ1n) is 5.63. The summed E-state index contributed by atoms with van der Waals surface area (Å²) in [4.78, 5) is 2.18. The van der Waals surface area contributed by atoms with Crippen molar-refractivity contribution in [3.05, 3.63) is 0 Å². The third-order valence-electron chi connectivity index (χ3n) is 2.72. The molecular weight excluding hydrogens is 192 g/mol. The summed E-state index contributed by atoms with van der Waals surface area (Å²) in [6.45, 7) is 8.54. The van der Waals surface area contributed by atoms with E-state index in [4.69, 9.17) is 10.5 Å². The highest BCUT2D eigenvalue weighted by Crippen LogP contribution is 2.13. The molecule has 2 unspecified atom stereocenters. The zero-order valence-electron chi connectivity index (χ0n) is 10.5. The number of ether oxygens (including phenoxy) is 1. The van der Waals surface area contributed by atoms with Gasteiger partial charge in [0.25, 0.3) is 0 Å². The minimum absolute atomic E-state index is 0.302. The molecule has 3 N–H and O–H groups in total. The molecule has 4 nitrogen and oxygen atoms in total. The molecule has 0 aliphatic carbocycles. The molecule has 15 heavy (non-hydrogen) atoms. The van der Waals surface area contributed by atoms with Gasteiger partial charge in [0, 0.05) is 25.7 Å². The standard InChI is InChI=1S/C11H26N2O2/c1-5-15-7-6-13(4)10(2)8-11(3,14)9-12/h10,14H,5-9,12H2,1-4H3. The van der Waals surface area contributed by atoms with Gasteiger partial charge in [-0.3, -0.25) is 0 Å². The van der Waals surface area contributed by atoms with Gasteiger partial charge in [-0.05, 0) is 34.2 Å². The Morgan fingerprint density at radius 3 is 2.60 bits per heavy atom. The molecule has 0 aromatic heterocycles. The van der Waals surface area contributed by atoms with Crippen LogP contribution in [0.3, 0.4) is 0 Å². The van der Waals surface area contributed by atoms with Gasteiger partial charge in [0.15, 0.2) is 0 Å². The first kappa shape index (κ1) is 14.8. The van der Waals surface area contributed by atoms with Crippen LogP contribution in [0.25, 0.3) is 0 Å². The van der Waals surface area contributed by atoms with Gasteiger partial charge in [-0.2, -0.15) is 0 Å². The molecule has 0 fully saturated rings. The average molecular weight is 218 g/mol. The van der Waals surface area contributed by atoms with Crippen molar-refractivity contribution in [2.45, 2.75) is 38.8 Å². The van der Waals surface area contributed by atoms with Crippen LogP contribution in [0.1, 0.15) is 27.2 Å². The van der Waals surface area contributed by atoms with E-state index in [9.17, 15) is 5.11 Å². The van der Waals surface area contributed by atoms with Crippen LogP contribution < -0.4 is 5.73 Å². The molecule has 0 aliphatic rings. The highest BCUT2D eigenvalue weighted by atomic mass is 16.5. The van der Waals surface area contributed by atoms with E-state index in [0.717, 1.165) is 19.8 Å². The summed E-state index contributed by atoms with van der Waals surface area (Å²) < 4.78 is 5.28. The Morgan fingerprint density at radius 1 is 1.53 bits per heavy atom. The lowest BCUT2D eigenvalue weighted by Crippen LogP contribution is -2.42. The van der Waals surface area contributed by atoms with Crippen molar-refractivity contribution in [2.75, 3.05) is 33.4 Å². The monoisotopic (exact) mass is 218 g/mol. The zero-order valence-corrected chi connectivity index (χ0v) is 10.5. The normalized spacial score (nSPS) is 17.8. The van der Waals surface area contributed by atoms with Crippen LogP contribution in [0.5, 0.6) is 0 Å². The van der Waals surface area contributed by atoms with Crippen LogP contribution >= 0.6 is 0 Å². The predicted octanol–water partition coefficient (Wildman–Crippen LogP) is 0.443. The maximum atomic E-state index is 9.83. The Hall–Kier alpha value is -0.160. The highest BCUT2D eigenvalue weighted by molar-refractivity contribution is 4.79. The lowest BCUT2D eigenvalue weighted by molar-refractivity contribution is 0.0271. The van der Waals surface area contributed by atoms with E-state index >= 15 is 0 Å². The van der Waals surface area contributed by atoms with E-state index < -0.39 is 5.60 Å². The van der Waals surface area contributed by atoms with E-state index in [2.05, 4.69) is 11.8 Å². The Balaban J connectivity index is 3.82. The molecule has 4 heteroatoms. The van der Waals surface area contributed by atoms with Gasteiger partial charge < -0.3 is 20.5 Å². The smallest absolute Gasteiger partial charge is 0.0756 e. The number of nitrogens with zero attached hydrogens (tertiary/aromatic N) is 1. The maximum Gasteiger partial charge on any atom is 0.0756 e. The van der Waals surface area contributed by atoms with E-state index in [1.54, 1.807) is 6.92 Å². The molecular formula is C11H26N2O2. The predicted molar refractivity (Wildman–Crippen MR) is 62.9 cm³/mol. The molecule has 2 atom stereocenters. The molecule has 0 aromatic rings. The van der Waals surface area contributed by atoms with Crippen molar-refractivity contribution in [2.24, 2.45) is 5.73 Å². The molecule has 0 rings (SSSR count). The van der Waals surface area contributed by atoms with Crippen molar-refractivity contribution in [3.8, 4) is 0 Å². The van der Waals surface area contributed by atoms with Crippen LogP contribution in [0.15, 0.2) is 0 Å². The summed E-state index contributed by atoms with van der Waals surface area (Å²) in [5.74, 6) is 0. The van der Waals surface area contributed by atoms with Gasteiger partial charge in [-0.15, -0.1) is 0 Å². The largest absolute Gasteiger partial charge is 0.389 e. The molecule has 0 aromatic carbocycles. The van der Waals surface area contributed by atoms with Crippen LogP contribution in [0.4, 0.5) is 0 Å². The second-order valence-electron chi connectivity index (χ2n) is 4.43. The molecule has 92 valence electrons. The van der Waals surface area contributed by atoms with E-state index in [0.29, 0.717) is 19.0 Å².